The number of carbonyl (C=O) groups is 2. The number of carboxylic acids is 1. The van der Waals surface area contributed by atoms with E-state index in [1.165, 1.54) is 4.90 Å². The highest BCUT2D eigenvalue weighted by Crippen LogP contribution is 2.43. The number of amides is 1. The minimum atomic E-state index is -0.983. The molecule has 0 aliphatic heterocycles. The zero-order valence-corrected chi connectivity index (χ0v) is 11.2. The van der Waals surface area contributed by atoms with Crippen molar-refractivity contribution in [2.75, 3.05) is 7.05 Å². The average Bonchev–Trinajstić information content (AvgIpc) is 2.26. The van der Waals surface area contributed by atoms with E-state index in [1.54, 1.807) is 7.05 Å². The van der Waals surface area contributed by atoms with Crippen molar-refractivity contribution < 1.29 is 14.7 Å². The summed E-state index contributed by atoms with van der Waals surface area (Å²) >= 11 is 0. The lowest BCUT2D eigenvalue weighted by Crippen LogP contribution is -2.55. The van der Waals surface area contributed by atoms with Crippen LogP contribution in [0.4, 0.5) is 0 Å². The predicted octanol–water partition coefficient (Wildman–Crippen LogP) is 2.13. The average molecular weight is 241 g/mol. The van der Waals surface area contributed by atoms with Gasteiger partial charge >= 0.3 is 5.97 Å². The van der Waals surface area contributed by atoms with Crippen LogP contribution in [0, 0.1) is 11.3 Å². The van der Waals surface area contributed by atoms with Gasteiger partial charge in [-0.25, -0.2) is 4.79 Å². The molecule has 0 radical (unpaired) electrons. The minimum absolute atomic E-state index is 0.213. The summed E-state index contributed by atoms with van der Waals surface area (Å²) in [6.45, 7) is 6.57. The highest BCUT2D eigenvalue weighted by Gasteiger charge is 2.46. The fourth-order valence-corrected chi connectivity index (χ4v) is 2.78. The van der Waals surface area contributed by atoms with E-state index in [0.717, 1.165) is 12.8 Å². The number of carbonyl (C=O) groups excluding carboxylic acids is 1. The maximum absolute atomic E-state index is 11.4. The summed E-state index contributed by atoms with van der Waals surface area (Å²) in [5.74, 6) is -0.338. The molecule has 0 spiro atoms. The Morgan fingerprint density at radius 2 is 1.82 bits per heavy atom. The molecule has 1 amide bonds. The first-order valence-electron chi connectivity index (χ1n) is 6.15. The van der Waals surface area contributed by atoms with E-state index in [4.69, 9.17) is 0 Å². The van der Waals surface area contributed by atoms with Crippen LogP contribution in [0.25, 0.3) is 0 Å². The molecule has 1 aliphatic carbocycles. The van der Waals surface area contributed by atoms with Crippen LogP contribution in [0.1, 0.15) is 46.5 Å². The molecular formula is C13H23NO3. The molecule has 4 heteroatoms. The second-order valence-corrected chi connectivity index (χ2v) is 6.19. The van der Waals surface area contributed by atoms with Crippen LogP contribution in [0.3, 0.4) is 0 Å². The number of hydrogen-bond acceptors (Lipinski definition) is 2. The lowest BCUT2D eigenvalue weighted by Gasteiger charge is -2.44. The Morgan fingerprint density at radius 3 is 2.12 bits per heavy atom. The zero-order chi connectivity index (χ0) is 13.3. The van der Waals surface area contributed by atoms with Gasteiger partial charge in [0.2, 0.25) is 6.41 Å². The summed E-state index contributed by atoms with van der Waals surface area (Å²) in [5, 5.41) is 9.38. The van der Waals surface area contributed by atoms with Crippen LogP contribution in [0.5, 0.6) is 0 Å². The molecule has 1 N–H and O–H groups in total. The van der Waals surface area contributed by atoms with Gasteiger partial charge in [0.25, 0.3) is 0 Å². The van der Waals surface area contributed by atoms with Gasteiger partial charge < -0.3 is 10.0 Å². The lowest BCUT2D eigenvalue weighted by molar-refractivity contribution is -0.157. The SMILES string of the molecule is CN(C=O)C1(C(=O)O)CCC(C(C)(C)C)CC1. The molecule has 0 aromatic rings. The van der Waals surface area contributed by atoms with Crippen LogP contribution in [0.15, 0.2) is 0 Å². The predicted molar refractivity (Wildman–Crippen MR) is 65.6 cm³/mol. The summed E-state index contributed by atoms with van der Waals surface area (Å²) in [4.78, 5) is 23.6. The zero-order valence-electron chi connectivity index (χ0n) is 11.2. The molecule has 0 aromatic heterocycles. The summed E-state index contributed by atoms with van der Waals surface area (Å²) in [6, 6.07) is 0. The number of rotatable bonds is 3. The van der Waals surface area contributed by atoms with Crippen molar-refractivity contribution in [1.29, 1.82) is 0 Å². The van der Waals surface area contributed by atoms with E-state index in [1.807, 2.05) is 0 Å². The molecule has 0 aromatic carbocycles. The Kier molecular flexibility index (Phi) is 3.84. The summed E-state index contributed by atoms with van der Waals surface area (Å²) in [5.41, 5.74) is -0.770. The van der Waals surface area contributed by atoms with Crippen LogP contribution in [-0.4, -0.2) is 35.0 Å². The van der Waals surface area contributed by atoms with Crippen molar-refractivity contribution in [2.24, 2.45) is 11.3 Å². The molecule has 17 heavy (non-hydrogen) atoms. The lowest BCUT2D eigenvalue weighted by atomic mass is 9.67. The standard InChI is InChI=1S/C13H23NO3/c1-12(2,3)10-5-7-13(8-6-10,11(16)17)14(4)9-15/h9-10H,5-8H2,1-4H3,(H,16,17). The van der Waals surface area contributed by atoms with E-state index in [9.17, 15) is 14.7 Å². The molecule has 0 heterocycles. The van der Waals surface area contributed by atoms with E-state index >= 15 is 0 Å². The van der Waals surface area contributed by atoms with Gasteiger partial charge in [-0.2, -0.15) is 0 Å². The highest BCUT2D eigenvalue weighted by molar-refractivity contribution is 5.81. The third kappa shape index (κ3) is 2.61. The van der Waals surface area contributed by atoms with Crippen molar-refractivity contribution in [3.05, 3.63) is 0 Å². The number of nitrogens with zero attached hydrogens (tertiary/aromatic N) is 1. The van der Waals surface area contributed by atoms with Crippen molar-refractivity contribution in [1.82, 2.24) is 4.90 Å². The Balaban J connectivity index is 2.82. The van der Waals surface area contributed by atoms with Crippen LogP contribution < -0.4 is 0 Å². The third-order valence-corrected chi connectivity index (χ3v) is 4.27. The smallest absolute Gasteiger partial charge is 0.329 e. The van der Waals surface area contributed by atoms with Gasteiger partial charge in [-0.05, 0) is 37.0 Å². The first-order chi connectivity index (χ1) is 7.74. The molecule has 1 aliphatic rings. The third-order valence-electron chi connectivity index (χ3n) is 4.27. The van der Waals surface area contributed by atoms with Crippen molar-refractivity contribution in [3.8, 4) is 0 Å². The fourth-order valence-electron chi connectivity index (χ4n) is 2.78. The Bertz CT molecular complexity index is 298. The van der Waals surface area contributed by atoms with Gasteiger partial charge in [0.15, 0.2) is 0 Å². The number of carboxylic acid groups (broad SMARTS) is 1. The summed E-state index contributed by atoms with van der Waals surface area (Å²) in [6.07, 6.45) is 3.48. The normalized spacial score (nSPS) is 29.8. The van der Waals surface area contributed by atoms with Gasteiger partial charge in [0, 0.05) is 7.05 Å². The Morgan fingerprint density at radius 1 is 1.35 bits per heavy atom. The maximum Gasteiger partial charge on any atom is 0.329 e. The number of aliphatic carboxylic acids is 1. The molecule has 0 bridgehead atoms. The topological polar surface area (TPSA) is 57.6 Å². The monoisotopic (exact) mass is 241 g/mol. The van der Waals surface area contributed by atoms with Gasteiger partial charge in [-0.1, -0.05) is 20.8 Å². The van der Waals surface area contributed by atoms with Gasteiger partial charge in [0.05, 0.1) is 0 Å². The molecule has 1 saturated carbocycles. The second kappa shape index (κ2) is 4.67. The van der Waals surface area contributed by atoms with Gasteiger partial charge in [0.1, 0.15) is 5.54 Å². The van der Waals surface area contributed by atoms with E-state index in [2.05, 4.69) is 20.8 Å². The molecular weight excluding hydrogens is 218 g/mol. The first-order valence-corrected chi connectivity index (χ1v) is 6.15. The largest absolute Gasteiger partial charge is 0.479 e. The minimum Gasteiger partial charge on any atom is -0.479 e. The number of likely N-dealkylation sites (N-methyl/N-ethyl adjacent to an activating group) is 1. The second-order valence-electron chi connectivity index (χ2n) is 6.19. The maximum atomic E-state index is 11.4. The molecule has 98 valence electrons. The number of hydrogen-bond donors (Lipinski definition) is 1. The Hall–Kier alpha value is -1.06. The van der Waals surface area contributed by atoms with Crippen LogP contribution >= 0.6 is 0 Å². The molecule has 4 nitrogen and oxygen atoms in total. The van der Waals surface area contributed by atoms with E-state index < -0.39 is 11.5 Å². The fraction of sp³-hybridized carbons (Fsp3) is 0.846. The van der Waals surface area contributed by atoms with Crippen molar-refractivity contribution in [3.63, 3.8) is 0 Å². The van der Waals surface area contributed by atoms with Crippen LogP contribution in [0.2, 0.25) is 0 Å². The molecule has 1 rings (SSSR count). The highest BCUT2D eigenvalue weighted by atomic mass is 16.4. The van der Waals surface area contributed by atoms with Gasteiger partial charge in [-0.15, -0.1) is 0 Å². The summed E-state index contributed by atoms with van der Waals surface area (Å²) in [7, 11) is 1.57. The van der Waals surface area contributed by atoms with Crippen LogP contribution in [-0.2, 0) is 9.59 Å². The Labute approximate surface area is 103 Å². The summed E-state index contributed by atoms with van der Waals surface area (Å²) < 4.78 is 0. The quantitative estimate of drug-likeness (QED) is 0.770. The first kappa shape index (κ1) is 14.0. The molecule has 0 unspecified atom stereocenters. The van der Waals surface area contributed by atoms with Crippen molar-refractivity contribution in [2.45, 2.75) is 52.0 Å². The molecule has 0 atom stereocenters. The van der Waals surface area contributed by atoms with E-state index in [-0.39, 0.29) is 5.41 Å². The van der Waals surface area contributed by atoms with Gasteiger partial charge in [-0.3, -0.25) is 4.79 Å². The van der Waals surface area contributed by atoms with Crippen molar-refractivity contribution >= 4 is 12.4 Å². The molecule has 0 saturated heterocycles. The van der Waals surface area contributed by atoms with E-state index in [0.29, 0.717) is 25.2 Å². The molecule has 1 fully saturated rings.